The Labute approximate surface area is 154 Å². The van der Waals surface area contributed by atoms with Crippen molar-refractivity contribution in [2.45, 2.75) is 25.8 Å². The Kier molecular flexibility index (Phi) is 5.71. The lowest BCUT2D eigenvalue weighted by Gasteiger charge is -2.20. The Balaban J connectivity index is 1.55. The third-order valence-electron chi connectivity index (χ3n) is 4.42. The van der Waals surface area contributed by atoms with Crippen molar-refractivity contribution < 1.29 is 4.74 Å². The molecule has 1 atom stereocenters. The summed E-state index contributed by atoms with van der Waals surface area (Å²) in [6.45, 7) is 4.43. The molecule has 1 aliphatic heterocycles. The van der Waals surface area contributed by atoms with Gasteiger partial charge in [-0.25, -0.2) is 4.98 Å². The van der Waals surface area contributed by atoms with Crippen molar-refractivity contribution in [2.24, 2.45) is 0 Å². The summed E-state index contributed by atoms with van der Waals surface area (Å²) in [5, 5.41) is 7.03. The van der Waals surface area contributed by atoms with Crippen LogP contribution in [-0.2, 0) is 0 Å². The number of nitrogens with zero attached hydrogens (tertiary/aromatic N) is 2. The molecule has 3 rings (SSSR count). The molecule has 2 N–H and O–H groups in total. The van der Waals surface area contributed by atoms with E-state index >= 15 is 0 Å². The van der Waals surface area contributed by atoms with Gasteiger partial charge in [-0.15, -0.1) is 0 Å². The summed E-state index contributed by atoms with van der Waals surface area (Å²) in [6, 6.07) is 12.5. The summed E-state index contributed by atoms with van der Waals surface area (Å²) in [5.74, 6) is 0.580. The highest BCUT2D eigenvalue weighted by molar-refractivity contribution is 7.80. The van der Waals surface area contributed by atoms with Crippen LogP contribution in [0.2, 0.25) is 0 Å². The SMILES string of the molecule is COc1ccc(NC(=S)NC(C)c2ccc(N3CCCC3)cc2)cn1. The molecule has 132 valence electrons. The van der Waals surface area contributed by atoms with Gasteiger partial charge in [-0.1, -0.05) is 12.1 Å². The summed E-state index contributed by atoms with van der Waals surface area (Å²) in [4.78, 5) is 6.59. The van der Waals surface area contributed by atoms with Crippen LogP contribution in [0.15, 0.2) is 42.6 Å². The fraction of sp³-hybridized carbons (Fsp3) is 0.368. The Morgan fingerprint density at radius 3 is 2.48 bits per heavy atom. The molecule has 6 heteroatoms. The molecule has 0 saturated carbocycles. The predicted molar refractivity (Wildman–Crippen MR) is 106 cm³/mol. The maximum absolute atomic E-state index is 5.40. The van der Waals surface area contributed by atoms with Crippen LogP contribution in [-0.4, -0.2) is 30.3 Å². The number of ether oxygens (including phenoxy) is 1. The molecule has 5 nitrogen and oxygen atoms in total. The Bertz CT molecular complexity index is 696. The van der Waals surface area contributed by atoms with Crippen LogP contribution in [0, 0.1) is 0 Å². The lowest BCUT2D eigenvalue weighted by atomic mass is 10.1. The molecule has 1 saturated heterocycles. The third kappa shape index (κ3) is 4.60. The quantitative estimate of drug-likeness (QED) is 0.796. The summed E-state index contributed by atoms with van der Waals surface area (Å²) in [7, 11) is 1.60. The van der Waals surface area contributed by atoms with Crippen molar-refractivity contribution in [1.82, 2.24) is 10.3 Å². The van der Waals surface area contributed by atoms with E-state index in [1.807, 2.05) is 6.07 Å². The van der Waals surface area contributed by atoms with Gasteiger partial charge in [-0.2, -0.15) is 0 Å². The van der Waals surface area contributed by atoms with Gasteiger partial charge in [-0.05, 0) is 55.7 Å². The van der Waals surface area contributed by atoms with E-state index in [1.54, 1.807) is 19.4 Å². The van der Waals surface area contributed by atoms with E-state index in [-0.39, 0.29) is 6.04 Å². The highest BCUT2D eigenvalue weighted by Crippen LogP contribution is 2.22. The van der Waals surface area contributed by atoms with E-state index in [0.717, 1.165) is 18.8 Å². The fourth-order valence-corrected chi connectivity index (χ4v) is 3.27. The summed E-state index contributed by atoms with van der Waals surface area (Å²) >= 11 is 5.40. The molecule has 25 heavy (non-hydrogen) atoms. The Morgan fingerprint density at radius 2 is 1.88 bits per heavy atom. The first-order valence-electron chi connectivity index (χ1n) is 8.58. The van der Waals surface area contributed by atoms with Gasteiger partial charge < -0.3 is 20.3 Å². The number of hydrogen-bond donors (Lipinski definition) is 2. The van der Waals surface area contributed by atoms with Crippen molar-refractivity contribution in [3.8, 4) is 5.88 Å². The maximum atomic E-state index is 5.40. The minimum Gasteiger partial charge on any atom is -0.481 e. The molecular formula is C19H24N4OS. The normalized spacial score (nSPS) is 14.9. The summed E-state index contributed by atoms with van der Waals surface area (Å²) in [5.41, 5.74) is 3.34. The standard InChI is InChI=1S/C19H24N4OS/c1-14(15-5-8-17(9-6-15)23-11-3-4-12-23)21-19(25)22-16-7-10-18(24-2)20-13-16/h5-10,13-14H,3-4,11-12H2,1-2H3,(H2,21,22,25). The average Bonchev–Trinajstić information content (AvgIpc) is 3.17. The van der Waals surface area contributed by atoms with Crippen LogP contribution in [0.4, 0.5) is 11.4 Å². The highest BCUT2D eigenvalue weighted by atomic mass is 32.1. The number of hydrogen-bond acceptors (Lipinski definition) is 4. The summed E-state index contributed by atoms with van der Waals surface area (Å²) < 4.78 is 5.05. The van der Waals surface area contributed by atoms with Crippen LogP contribution in [0.3, 0.4) is 0 Å². The number of anilines is 2. The summed E-state index contributed by atoms with van der Waals surface area (Å²) in [6.07, 6.45) is 4.28. The average molecular weight is 356 g/mol. The first kappa shape index (κ1) is 17.5. The van der Waals surface area contributed by atoms with Crippen LogP contribution in [0.5, 0.6) is 5.88 Å². The number of benzene rings is 1. The van der Waals surface area contributed by atoms with Crippen LogP contribution in [0.1, 0.15) is 31.4 Å². The largest absolute Gasteiger partial charge is 0.481 e. The lowest BCUT2D eigenvalue weighted by molar-refractivity contribution is 0.398. The minimum atomic E-state index is 0.124. The third-order valence-corrected chi connectivity index (χ3v) is 4.64. The van der Waals surface area contributed by atoms with Crippen molar-refractivity contribution >= 4 is 28.7 Å². The lowest BCUT2D eigenvalue weighted by Crippen LogP contribution is -2.31. The van der Waals surface area contributed by atoms with Crippen LogP contribution in [0.25, 0.3) is 0 Å². The first-order valence-corrected chi connectivity index (χ1v) is 8.99. The van der Waals surface area contributed by atoms with E-state index in [9.17, 15) is 0 Å². The Morgan fingerprint density at radius 1 is 1.16 bits per heavy atom. The smallest absolute Gasteiger partial charge is 0.213 e. The second-order valence-corrected chi connectivity index (χ2v) is 6.60. The molecule has 2 heterocycles. The topological polar surface area (TPSA) is 49.4 Å². The van der Waals surface area contributed by atoms with Crippen molar-refractivity contribution in [3.05, 3.63) is 48.2 Å². The highest BCUT2D eigenvalue weighted by Gasteiger charge is 2.13. The molecule has 1 fully saturated rings. The van der Waals surface area contributed by atoms with Gasteiger partial charge in [0, 0.05) is 24.8 Å². The molecule has 0 bridgehead atoms. The molecule has 0 radical (unpaired) electrons. The zero-order chi connectivity index (χ0) is 17.6. The molecule has 1 aromatic heterocycles. The van der Waals surface area contributed by atoms with E-state index in [0.29, 0.717) is 11.0 Å². The zero-order valence-electron chi connectivity index (χ0n) is 14.7. The number of rotatable bonds is 5. The minimum absolute atomic E-state index is 0.124. The fourth-order valence-electron chi connectivity index (χ4n) is 2.97. The second kappa shape index (κ2) is 8.16. The molecule has 1 unspecified atom stereocenters. The number of nitrogens with one attached hydrogen (secondary N) is 2. The van der Waals surface area contributed by atoms with Gasteiger partial charge in [0.2, 0.25) is 5.88 Å². The maximum Gasteiger partial charge on any atom is 0.213 e. The van der Waals surface area contributed by atoms with E-state index < -0.39 is 0 Å². The van der Waals surface area contributed by atoms with E-state index in [1.165, 1.54) is 24.1 Å². The molecule has 1 aromatic carbocycles. The molecule has 0 aliphatic carbocycles. The second-order valence-electron chi connectivity index (χ2n) is 6.20. The number of pyridine rings is 1. The molecule has 1 aliphatic rings. The number of thiocarbonyl (C=S) groups is 1. The monoisotopic (exact) mass is 356 g/mol. The van der Waals surface area contributed by atoms with Crippen LogP contribution >= 0.6 is 12.2 Å². The van der Waals surface area contributed by atoms with Gasteiger partial charge in [0.15, 0.2) is 5.11 Å². The van der Waals surface area contributed by atoms with Gasteiger partial charge in [0.1, 0.15) is 0 Å². The van der Waals surface area contributed by atoms with E-state index in [2.05, 4.69) is 51.7 Å². The van der Waals surface area contributed by atoms with Gasteiger partial charge in [-0.3, -0.25) is 0 Å². The van der Waals surface area contributed by atoms with Gasteiger partial charge in [0.05, 0.1) is 25.0 Å². The Hall–Kier alpha value is -2.34. The number of methoxy groups -OCH3 is 1. The van der Waals surface area contributed by atoms with E-state index in [4.69, 9.17) is 17.0 Å². The van der Waals surface area contributed by atoms with Crippen molar-refractivity contribution in [1.29, 1.82) is 0 Å². The van der Waals surface area contributed by atoms with Gasteiger partial charge >= 0.3 is 0 Å². The zero-order valence-corrected chi connectivity index (χ0v) is 15.5. The molecule has 0 spiro atoms. The first-order chi connectivity index (χ1) is 12.2. The molecule has 0 amide bonds. The van der Waals surface area contributed by atoms with Gasteiger partial charge in [0.25, 0.3) is 0 Å². The van der Waals surface area contributed by atoms with Crippen molar-refractivity contribution in [3.63, 3.8) is 0 Å². The van der Waals surface area contributed by atoms with Crippen molar-refractivity contribution in [2.75, 3.05) is 30.4 Å². The number of aromatic nitrogens is 1. The predicted octanol–water partition coefficient (Wildman–Crippen LogP) is 3.74. The molecular weight excluding hydrogens is 332 g/mol. The molecule has 2 aromatic rings. The van der Waals surface area contributed by atoms with Crippen LogP contribution < -0.4 is 20.3 Å².